The molecule has 212 valence electrons. The van der Waals surface area contributed by atoms with Gasteiger partial charge in [0.1, 0.15) is 0 Å². The number of rotatable bonds is 13. The van der Waals surface area contributed by atoms with Crippen LogP contribution in [-0.2, 0) is 0 Å². The van der Waals surface area contributed by atoms with E-state index in [1.807, 2.05) is 12.4 Å². The standard InChI is InChI=1S/C38H50N2/c1-8-12-31(13-9-2)35-22-34(25-39-26-35)29(7)40-28(6)30-18-20-33(21-19-30)37(32-16-14-27(5)15-17-32)36-23-38(10-3,11-4)24-36/h14-22,25-26,28,31,40H,7-13,23-24H2,1-6H3. The lowest BCUT2D eigenvalue weighted by Gasteiger charge is -2.44. The molecule has 1 N–H and O–H groups in total. The van der Waals surface area contributed by atoms with Crippen LogP contribution in [-0.4, -0.2) is 4.98 Å². The molecule has 0 saturated heterocycles. The number of nitrogens with one attached hydrogen (secondary N) is 1. The fourth-order valence-corrected chi connectivity index (χ4v) is 6.46. The molecule has 0 bridgehead atoms. The first kappa shape index (κ1) is 29.8. The zero-order valence-corrected chi connectivity index (χ0v) is 25.8. The first-order chi connectivity index (χ1) is 19.3. The second kappa shape index (κ2) is 13.5. The maximum absolute atomic E-state index is 4.58. The summed E-state index contributed by atoms with van der Waals surface area (Å²) < 4.78 is 0. The van der Waals surface area contributed by atoms with Gasteiger partial charge in [-0.3, -0.25) is 4.98 Å². The van der Waals surface area contributed by atoms with Crippen LogP contribution in [0.4, 0.5) is 0 Å². The zero-order chi connectivity index (χ0) is 28.7. The molecule has 0 aliphatic heterocycles. The number of aryl methyl sites for hydroxylation is 1. The molecule has 40 heavy (non-hydrogen) atoms. The van der Waals surface area contributed by atoms with Crippen LogP contribution >= 0.6 is 0 Å². The van der Waals surface area contributed by atoms with E-state index in [1.54, 1.807) is 5.57 Å². The summed E-state index contributed by atoms with van der Waals surface area (Å²) in [7, 11) is 0. The summed E-state index contributed by atoms with van der Waals surface area (Å²) in [6, 6.07) is 20.7. The first-order valence-electron chi connectivity index (χ1n) is 15.6. The summed E-state index contributed by atoms with van der Waals surface area (Å²) in [5, 5.41) is 3.65. The highest BCUT2D eigenvalue weighted by Crippen LogP contribution is 2.53. The Bertz CT molecular complexity index is 1280. The molecule has 2 aromatic carbocycles. The quantitative estimate of drug-likeness (QED) is 0.236. The Morgan fingerprint density at radius 3 is 1.95 bits per heavy atom. The van der Waals surface area contributed by atoms with Gasteiger partial charge in [0.15, 0.2) is 0 Å². The highest BCUT2D eigenvalue weighted by molar-refractivity contribution is 5.83. The number of hydrogen-bond acceptors (Lipinski definition) is 2. The Kier molecular flexibility index (Phi) is 10.1. The van der Waals surface area contributed by atoms with Gasteiger partial charge in [0.2, 0.25) is 0 Å². The largest absolute Gasteiger partial charge is 0.378 e. The van der Waals surface area contributed by atoms with E-state index in [9.17, 15) is 0 Å². The van der Waals surface area contributed by atoms with E-state index in [0.717, 1.165) is 11.3 Å². The highest BCUT2D eigenvalue weighted by Gasteiger charge is 2.39. The van der Waals surface area contributed by atoms with E-state index in [0.29, 0.717) is 11.3 Å². The molecule has 0 radical (unpaired) electrons. The Morgan fingerprint density at radius 1 is 0.825 bits per heavy atom. The van der Waals surface area contributed by atoms with E-state index in [4.69, 9.17) is 0 Å². The molecule has 1 aromatic heterocycles. The molecule has 1 unspecified atom stereocenters. The lowest BCUT2D eigenvalue weighted by Crippen LogP contribution is -2.31. The molecule has 1 fully saturated rings. The second-order valence-corrected chi connectivity index (χ2v) is 12.2. The third-order valence-electron chi connectivity index (χ3n) is 9.31. The van der Waals surface area contributed by atoms with Crippen molar-refractivity contribution < 1.29 is 0 Å². The van der Waals surface area contributed by atoms with Crippen molar-refractivity contribution in [2.45, 2.75) is 105 Å². The third-order valence-corrected chi connectivity index (χ3v) is 9.31. The first-order valence-corrected chi connectivity index (χ1v) is 15.6. The van der Waals surface area contributed by atoms with Crippen molar-refractivity contribution >= 4 is 11.3 Å². The number of allylic oxidation sites excluding steroid dienone is 1. The Morgan fingerprint density at radius 2 is 1.40 bits per heavy atom. The minimum atomic E-state index is 0.152. The zero-order valence-electron chi connectivity index (χ0n) is 25.8. The van der Waals surface area contributed by atoms with Gasteiger partial charge in [-0.05, 0) is 97.6 Å². The Balaban J connectivity index is 1.52. The van der Waals surface area contributed by atoms with Gasteiger partial charge in [-0.25, -0.2) is 0 Å². The van der Waals surface area contributed by atoms with Gasteiger partial charge < -0.3 is 5.32 Å². The molecule has 0 amide bonds. The molecular weight excluding hydrogens is 484 g/mol. The van der Waals surface area contributed by atoms with Crippen LogP contribution in [0.25, 0.3) is 11.3 Å². The Labute approximate surface area is 244 Å². The van der Waals surface area contributed by atoms with Gasteiger partial charge in [0, 0.05) is 29.7 Å². The van der Waals surface area contributed by atoms with Crippen LogP contribution in [0.5, 0.6) is 0 Å². The lowest BCUT2D eigenvalue weighted by atomic mass is 9.60. The smallest absolute Gasteiger partial charge is 0.0485 e. The average molecular weight is 535 g/mol. The number of benzene rings is 2. The van der Waals surface area contributed by atoms with Crippen LogP contribution in [0.2, 0.25) is 0 Å². The fraction of sp³-hybridized carbons (Fsp3) is 0.447. The van der Waals surface area contributed by atoms with E-state index < -0.39 is 0 Å². The number of nitrogens with zero attached hydrogens (tertiary/aromatic N) is 1. The van der Waals surface area contributed by atoms with E-state index >= 15 is 0 Å². The maximum atomic E-state index is 4.58. The number of hydrogen-bond donors (Lipinski definition) is 1. The predicted octanol–water partition coefficient (Wildman–Crippen LogP) is 10.8. The van der Waals surface area contributed by atoms with E-state index in [-0.39, 0.29) is 6.04 Å². The molecule has 1 heterocycles. The van der Waals surface area contributed by atoms with Gasteiger partial charge in [-0.2, -0.15) is 0 Å². The van der Waals surface area contributed by atoms with Crippen molar-refractivity contribution in [3.63, 3.8) is 0 Å². The van der Waals surface area contributed by atoms with Crippen molar-refractivity contribution in [2.75, 3.05) is 0 Å². The molecule has 1 aliphatic carbocycles. The summed E-state index contributed by atoms with van der Waals surface area (Å²) in [5.74, 6) is 0.576. The SMILES string of the molecule is C=C(NC(C)c1ccc(C(=C2CC(CC)(CC)C2)c2ccc(C)cc2)cc1)c1cncc(C(CCC)CCC)c1. The van der Waals surface area contributed by atoms with E-state index in [2.05, 4.69) is 113 Å². The average Bonchev–Trinajstić information content (AvgIpc) is 2.95. The summed E-state index contributed by atoms with van der Waals surface area (Å²) in [4.78, 5) is 4.58. The van der Waals surface area contributed by atoms with Crippen LogP contribution in [0.3, 0.4) is 0 Å². The van der Waals surface area contributed by atoms with E-state index in [1.165, 1.54) is 84.8 Å². The van der Waals surface area contributed by atoms with Gasteiger partial charge in [-0.15, -0.1) is 0 Å². The summed E-state index contributed by atoms with van der Waals surface area (Å²) in [6.45, 7) is 18.0. The summed E-state index contributed by atoms with van der Waals surface area (Å²) in [5.41, 5.74) is 12.1. The molecule has 1 atom stereocenters. The van der Waals surface area contributed by atoms with Crippen molar-refractivity contribution in [2.24, 2.45) is 5.41 Å². The lowest BCUT2D eigenvalue weighted by molar-refractivity contribution is 0.188. The Hall–Kier alpha value is -3.13. The van der Waals surface area contributed by atoms with Gasteiger partial charge in [0.25, 0.3) is 0 Å². The molecule has 2 heteroatoms. The maximum Gasteiger partial charge on any atom is 0.0485 e. The molecule has 2 nitrogen and oxygen atoms in total. The molecule has 3 aromatic rings. The third kappa shape index (κ3) is 6.77. The fourth-order valence-electron chi connectivity index (χ4n) is 6.46. The topological polar surface area (TPSA) is 24.9 Å². The minimum Gasteiger partial charge on any atom is -0.378 e. The molecule has 0 spiro atoms. The number of pyridine rings is 1. The van der Waals surface area contributed by atoms with Crippen LogP contribution in [0, 0.1) is 12.3 Å². The summed E-state index contributed by atoms with van der Waals surface area (Å²) >= 11 is 0. The van der Waals surface area contributed by atoms with Crippen molar-refractivity contribution in [1.29, 1.82) is 0 Å². The molecule has 1 aliphatic rings. The van der Waals surface area contributed by atoms with Crippen molar-refractivity contribution in [3.05, 3.63) is 113 Å². The van der Waals surface area contributed by atoms with Gasteiger partial charge >= 0.3 is 0 Å². The minimum absolute atomic E-state index is 0.152. The van der Waals surface area contributed by atoms with Crippen LogP contribution in [0.1, 0.15) is 131 Å². The monoisotopic (exact) mass is 534 g/mol. The van der Waals surface area contributed by atoms with Crippen molar-refractivity contribution in [3.8, 4) is 0 Å². The van der Waals surface area contributed by atoms with Crippen LogP contribution < -0.4 is 5.32 Å². The molecule has 4 rings (SSSR count). The second-order valence-electron chi connectivity index (χ2n) is 12.2. The summed E-state index contributed by atoms with van der Waals surface area (Å²) in [6.07, 6.45) is 13.7. The predicted molar refractivity (Wildman–Crippen MR) is 173 cm³/mol. The van der Waals surface area contributed by atoms with Gasteiger partial charge in [0.05, 0.1) is 0 Å². The molecule has 1 saturated carbocycles. The molecular formula is C38H50N2. The van der Waals surface area contributed by atoms with Crippen LogP contribution in [0.15, 0.2) is 79.1 Å². The van der Waals surface area contributed by atoms with Gasteiger partial charge in [-0.1, -0.05) is 107 Å². The normalized spacial score (nSPS) is 15.0. The van der Waals surface area contributed by atoms with Crippen molar-refractivity contribution in [1.82, 2.24) is 10.3 Å². The number of aromatic nitrogens is 1. The highest BCUT2D eigenvalue weighted by atomic mass is 14.9.